The molecule has 2 aliphatic carbocycles. The number of sulfone groups is 1. The lowest BCUT2D eigenvalue weighted by Crippen LogP contribution is -1.98. The molecule has 2 unspecified atom stereocenters. The van der Waals surface area contributed by atoms with Gasteiger partial charge in [0.05, 0.1) is 4.90 Å². The first-order valence-electron chi connectivity index (χ1n) is 5.48. The fourth-order valence-electron chi connectivity index (χ4n) is 2.88. The zero-order chi connectivity index (χ0) is 11.5. The van der Waals surface area contributed by atoms with Gasteiger partial charge < -0.3 is 0 Å². The first-order chi connectivity index (χ1) is 7.48. The van der Waals surface area contributed by atoms with Crippen LogP contribution in [0.2, 0.25) is 0 Å². The van der Waals surface area contributed by atoms with Crippen LogP contribution in [0.15, 0.2) is 27.6 Å². The fraction of sp³-hybridized carbons (Fsp3) is 0.500. The zero-order valence-corrected chi connectivity index (χ0v) is 11.4. The molecule has 2 aliphatic rings. The van der Waals surface area contributed by atoms with Gasteiger partial charge in [0.1, 0.15) is 0 Å². The lowest BCUT2D eigenvalue weighted by atomic mass is 10.0. The van der Waals surface area contributed by atoms with E-state index in [0.29, 0.717) is 15.3 Å². The van der Waals surface area contributed by atoms with Gasteiger partial charge in [-0.15, -0.1) is 0 Å². The molecule has 1 aromatic carbocycles. The molecular formula is C12H13BrO2S. The summed E-state index contributed by atoms with van der Waals surface area (Å²) < 4.78 is 23.6. The molecule has 4 heteroatoms. The Morgan fingerprint density at radius 2 is 1.88 bits per heavy atom. The summed E-state index contributed by atoms with van der Waals surface area (Å²) in [5.74, 6) is 2.47. The lowest BCUT2D eigenvalue weighted by Gasteiger charge is -2.05. The molecule has 0 saturated heterocycles. The molecule has 3 rings (SSSR count). The van der Waals surface area contributed by atoms with E-state index in [9.17, 15) is 8.42 Å². The highest BCUT2D eigenvalue weighted by atomic mass is 79.9. The molecule has 2 saturated carbocycles. The van der Waals surface area contributed by atoms with Gasteiger partial charge in [-0.25, -0.2) is 8.42 Å². The smallest absolute Gasteiger partial charge is 0.176 e. The molecule has 2 fully saturated rings. The highest BCUT2D eigenvalue weighted by molar-refractivity contribution is 9.10. The Labute approximate surface area is 104 Å². The van der Waals surface area contributed by atoms with Gasteiger partial charge in [0, 0.05) is 10.7 Å². The molecule has 0 aromatic heterocycles. The van der Waals surface area contributed by atoms with Gasteiger partial charge in [-0.05, 0) is 64.2 Å². The third-order valence-electron chi connectivity index (χ3n) is 3.91. The van der Waals surface area contributed by atoms with Crippen molar-refractivity contribution in [2.75, 3.05) is 6.26 Å². The molecule has 1 aromatic rings. The summed E-state index contributed by atoms with van der Waals surface area (Å²) in [6.07, 6.45) is 3.94. The summed E-state index contributed by atoms with van der Waals surface area (Å²) >= 11 is 3.36. The predicted octanol–water partition coefficient (Wildman–Crippen LogP) is 2.98. The average molecular weight is 301 g/mol. The molecule has 0 amide bonds. The largest absolute Gasteiger partial charge is 0.224 e. The second-order valence-electron chi connectivity index (χ2n) is 4.89. The second-order valence-corrected chi connectivity index (χ2v) is 7.73. The van der Waals surface area contributed by atoms with Gasteiger partial charge in [-0.2, -0.15) is 0 Å². The molecule has 2 atom stereocenters. The van der Waals surface area contributed by atoms with Crippen LogP contribution in [0.5, 0.6) is 0 Å². The summed E-state index contributed by atoms with van der Waals surface area (Å²) in [5, 5.41) is 0. The SMILES string of the molecule is CS(=O)(=O)c1ccc(C2C3CCC32)cc1Br. The minimum absolute atomic E-state index is 0.393. The summed E-state index contributed by atoms with van der Waals surface area (Å²) in [5.41, 5.74) is 1.30. The first kappa shape index (κ1) is 10.8. The van der Waals surface area contributed by atoms with E-state index in [2.05, 4.69) is 15.9 Å². The topological polar surface area (TPSA) is 34.1 Å². The zero-order valence-electron chi connectivity index (χ0n) is 8.98. The molecule has 0 aliphatic heterocycles. The Kier molecular flexibility index (Phi) is 2.24. The monoisotopic (exact) mass is 300 g/mol. The second kappa shape index (κ2) is 3.33. The summed E-state index contributed by atoms with van der Waals surface area (Å²) in [4.78, 5) is 0.393. The van der Waals surface area contributed by atoms with Crippen molar-refractivity contribution in [3.8, 4) is 0 Å². The number of halogens is 1. The first-order valence-corrected chi connectivity index (χ1v) is 8.16. The third-order valence-corrected chi connectivity index (χ3v) is 5.98. The Balaban J connectivity index is 1.97. The van der Waals surface area contributed by atoms with Crippen LogP contribution < -0.4 is 0 Å². The van der Waals surface area contributed by atoms with Crippen molar-refractivity contribution in [1.82, 2.24) is 0 Å². The van der Waals surface area contributed by atoms with E-state index in [1.54, 1.807) is 6.07 Å². The van der Waals surface area contributed by atoms with Crippen LogP contribution in [0, 0.1) is 11.8 Å². The van der Waals surface area contributed by atoms with E-state index in [1.165, 1.54) is 24.7 Å². The van der Waals surface area contributed by atoms with Crippen LogP contribution in [0.3, 0.4) is 0 Å². The van der Waals surface area contributed by atoms with Crippen molar-refractivity contribution in [2.45, 2.75) is 23.7 Å². The quantitative estimate of drug-likeness (QED) is 0.841. The summed E-state index contributed by atoms with van der Waals surface area (Å²) in [7, 11) is -3.11. The highest BCUT2D eigenvalue weighted by Crippen LogP contribution is 2.66. The Morgan fingerprint density at radius 3 is 2.31 bits per heavy atom. The van der Waals surface area contributed by atoms with E-state index >= 15 is 0 Å². The average Bonchev–Trinajstić information content (AvgIpc) is 2.64. The molecular weight excluding hydrogens is 288 g/mol. The Morgan fingerprint density at radius 1 is 1.25 bits per heavy atom. The number of rotatable bonds is 2. The maximum atomic E-state index is 11.5. The highest BCUT2D eigenvalue weighted by Gasteiger charge is 2.56. The molecule has 16 heavy (non-hydrogen) atoms. The van der Waals surface area contributed by atoms with Gasteiger partial charge in [-0.1, -0.05) is 6.07 Å². The molecule has 86 valence electrons. The normalized spacial score (nSPS) is 31.8. The van der Waals surface area contributed by atoms with Crippen molar-refractivity contribution in [2.24, 2.45) is 11.8 Å². The minimum atomic E-state index is -3.11. The number of hydrogen-bond acceptors (Lipinski definition) is 2. The molecule has 0 bridgehead atoms. The van der Waals surface area contributed by atoms with E-state index in [-0.39, 0.29) is 0 Å². The van der Waals surface area contributed by atoms with Gasteiger partial charge in [0.2, 0.25) is 0 Å². The van der Waals surface area contributed by atoms with Gasteiger partial charge in [0.15, 0.2) is 9.84 Å². The van der Waals surface area contributed by atoms with Crippen LogP contribution >= 0.6 is 15.9 Å². The maximum Gasteiger partial charge on any atom is 0.176 e. The van der Waals surface area contributed by atoms with Gasteiger partial charge in [-0.3, -0.25) is 0 Å². The minimum Gasteiger partial charge on any atom is -0.224 e. The van der Waals surface area contributed by atoms with E-state index in [0.717, 1.165) is 11.8 Å². The maximum absolute atomic E-state index is 11.5. The van der Waals surface area contributed by atoms with Crippen molar-refractivity contribution >= 4 is 25.8 Å². The van der Waals surface area contributed by atoms with Crippen molar-refractivity contribution in [3.63, 3.8) is 0 Å². The summed E-state index contributed by atoms with van der Waals surface area (Å²) in [6.45, 7) is 0. The number of benzene rings is 1. The molecule has 0 radical (unpaired) electrons. The van der Waals surface area contributed by atoms with E-state index in [4.69, 9.17) is 0 Å². The third kappa shape index (κ3) is 1.54. The van der Waals surface area contributed by atoms with Gasteiger partial charge in [0.25, 0.3) is 0 Å². The van der Waals surface area contributed by atoms with Crippen molar-refractivity contribution < 1.29 is 8.42 Å². The molecule has 0 N–H and O–H groups in total. The molecule has 2 nitrogen and oxygen atoms in total. The lowest BCUT2D eigenvalue weighted by molar-refractivity contribution is 0.468. The van der Waals surface area contributed by atoms with Crippen LogP contribution in [-0.2, 0) is 9.84 Å². The van der Waals surface area contributed by atoms with Crippen LogP contribution in [-0.4, -0.2) is 14.7 Å². The Bertz CT molecular complexity index is 540. The number of fused-ring (bicyclic) bond motifs is 1. The predicted molar refractivity (Wildman–Crippen MR) is 66.2 cm³/mol. The van der Waals surface area contributed by atoms with Crippen LogP contribution in [0.25, 0.3) is 0 Å². The standard InChI is InChI=1S/C12H13BrO2S/c1-16(14,15)11-5-2-7(6-10(11)13)12-8-3-4-9(8)12/h2,5-6,8-9,12H,3-4H2,1H3. The van der Waals surface area contributed by atoms with Crippen molar-refractivity contribution in [1.29, 1.82) is 0 Å². The number of hydrogen-bond donors (Lipinski definition) is 0. The van der Waals surface area contributed by atoms with E-state index in [1.807, 2.05) is 12.1 Å². The van der Waals surface area contributed by atoms with Crippen LogP contribution in [0.1, 0.15) is 24.3 Å². The van der Waals surface area contributed by atoms with Crippen LogP contribution in [0.4, 0.5) is 0 Å². The Hall–Kier alpha value is -0.350. The van der Waals surface area contributed by atoms with Gasteiger partial charge >= 0.3 is 0 Å². The molecule has 0 spiro atoms. The van der Waals surface area contributed by atoms with E-state index < -0.39 is 9.84 Å². The molecule has 0 heterocycles. The fourth-order valence-corrected chi connectivity index (χ4v) is 4.88. The van der Waals surface area contributed by atoms with Crippen molar-refractivity contribution in [3.05, 3.63) is 28.2 Å². The summed E-state index contributed by atoms with van der Waals surface area (Å²) in [6, 6.07) is 5.69.